The molecular formula is C18H17N3O4. The summed E-state index contributed by atoms with van der Waals surface area (Å²) in [6.07, 6.45) is 0. The van der Waals surface area contributed by atoms with E-state index in [4.69, 9.17) is 10.00 Å². The molecule has 0 aliphatic heterocycles. The van der Waals surface area contributed by atoms with Crippen LogP contribution in [-0.2, 0) is 4.74 Å². The second-order valence-electron chi connectivity index (χ2n) is 5.31. The summed E-state index contributed by atoms with van der Waals surface area (Å²) in [5.74, 6) is -0.733. The highest BCUT2D eigenvalue weighted by atomic mass is 16.6. The van der Waals surface area contributed by atoms with E-state index in [-0.39, 0.29) is 23.9 Å². The van der Waals surface area contributed by atoms with E-state index in [1.165, 1.54) is 12.1 Å². The zero-order valence-corrected chi connectivity index (χ0v) is 13.9. The van der Waals surface area contributed by atoms with Gasteiger partial charge in [-0.05, 0) is 43.7 Å². The van der Waals surface area contributed by atoms with Crippen LogP contribution in [0.5, 0.6) is 0 Å². The van der Waals surface area contributed by atoms with E-state index < -0.39 is 10.9 Å². The summed E-state index contributed by atoms with van der Waals surface area (Å²) in [5, 5.41) is 23.1. The van der Waals surface area contributed by atoms with Gasteiger partial charge in [0, 0.05) is 17.8 Å². The normalized spacial score (nSPS) is 11.2. The molecule has 7 nitrogen and oxygen atoms in total. The fourth-order valence-corrected chi connectivity index (χ4v) is 2.34. The smallest absolute Gasteiger partial charge is 0.345 e. The Morgan fingerprint density at radius 1 is 1.32 bits per heavy atom. The Kier molecular flexibility index (Phi) is 5.69. The lowest BCUT2D eigenvalue weighted by Crippen LogP contribution is -2.11. The number of benzene rings is 2. The van der Waals surface area contributed by atoms with Gasteiger partial charge in [-0.1, -0.05) is 12.1 Å². The monoisotopic (exact) mass is 339 g/mol. The molecule has 0 aliphatic carbocycles. The summed E-state index contributed by atoms with van der Waals surface area (Å²) in [6, 6.07) is 13.3. The number of nitro groups is 1. The quantitative estimate of drug-likeness (QED) is 0.487. The largest absolute Gasteiger partial charge is 0.462 e. The zero-order valence-electron chi connectivity index (χ0n) is 13.9. The fourth-order valence-electron chi connectivity index (χ4n) is 2.34. The van der Waals surface area contributed by atoms with Gasteiger partial charge in [-0.15, -0.1) is 0 Å². The first kappa shape index (κ1) is 17.9. The number of nitrogens with zero attached hydrogens (tertiary/aromatic N) is 2. The number of nitro benzene ring substituents is 1. The number of rotatable bonds is 6. The molecule has 2 aromatic carbocycles. The Morgan fingerprint density at radius 2 is 2.00 bits per heavy atom. The van der Waals surface area contributed by atoms with E-state index in [1.54, 1.807) is 25.1 Å². The maximum atomic E-state index is 12.0. The molecule has 7 heteroatoms. The predicted molar refractivity (Wildman–Crippen MR) is 92.2 cm³/mol. The average Bonchev–Trinajstić information content (AvgIpc) is 2.61. The number of ether oxygens (including phenoxy) is 1. The van der Waals surface area contributed by atoms with Crippen molar-refractivity contribution >= 4 is 17.3 Å². The van der Waals surface area contributed by atoms with Gasteiger partial charge in [0.2, 0.25) is 0 Å². The topological polar surface area (TPSA) is 105 Å². The van der Waals surface area contributed by atoms with E-state index in [0.717, 1.165) is 5.56 Å². The molecule has 2 aromatic rings. The van der Waals surface area contributed by atoms with Gasteiger partial charge in [0.1, 0.15) is 5.56 Å². The molecule has 0 aliphatic rings. The van der Waals surface area contributed by atoms with Gasteiger partial charge in [0.25, 0.3) is 5.69 Å². The minimum atomic E-state index is -0.733. The van der Waals surface area contributed by atoms with E-state index in [1.807, 2.05) is 19.1 Å². The number of esters is 1. The van der Waals surface area contributed by atoms with E-state index in [2.05, 4.69) is 11.4 Å². The molecule has 1 N–H and O–H groups in total. The SMILES string of the molecule is CCOC(=O)c1cc(NC(C)c2ccc(C#N)cc2)ccc1[N+](=O)[O-]. The maximum Gasteiger partial charge on any atom is 0.345 e. The number of hydrogen-bond acceptors (Lipinski definition) is 6. The Bertz CT molecular complexity index is 825. The Morgan fingerprint density at radius 3 is 2.56 bits per heavy atom. The second kappa shape index (κ2) is 7.93. The highest BCUT2D eigenvalue weighted by Crippen LogP contribution is 2.26. The molecule has 0 saturated heterocycles. The van der Waals surface area contributed by atoms with E-state index >= 15 is 0 Å². The standard InChI is InChI=1S/C18H17N3O4/c1-3-25-18(22)16-10-15(8-9-17(16)21(23)24)20-12(2)14-6-4-13(11-19)5-7-14/h4-10,12,20H,3H2,1-2H3. The Balaban J connectivity index is 2.26. The second-order valence-corrected chi connectivity index (χ2v) is 5.31. The van der Waals surface area contributed by atoms with Crippen molar-refractivity contribution < 1.29 is 14.5 Å². The van der Waals surface area contributed by atoms with Crippen LogP contribution in [0.4, 0.5) is 11.4 Å². The molecular weight excluding hydrogens is 322 g/mol. The molecule has 0 aromatic heterocycles. The van der Waals surface area contributed by atoms with Crippen LogP contribution in [-0.4, -0.2) is 17.5 Å². The Labute approximate surface area is 145 Å². The van der Waals surface area contributed by atoms with Crippen molar-refractivity contribution in [1.29, 1.82) is 5.26 Å². The van der Waals surface area contributed by atoms with Crippen molar-refractivity contribution in [2.75, 3.05) is 11.9 Å². The third-order valence-electron chi connectivity index (χ3n) is 3.61. The molecule has 2 rings (SSSR count). The van der Waals surface area contributed by atoms with Crippen LogP contribution >= 0.6 is 0 Å². The lowest BCUT2D eigenvalue weighted by atomic mass is 10.1. The summed E-state index contributed by atoms with van der Waals surface area (Å²) in [6.45, 7) is 3.68. The summed E-state index contributed by atoms with van der Waals surface area (Å²) < 4.78 is 4.89. The molecule has 0 saturated carbocycles. The molecule has 25 heavy (non-hydrogen) atoms. The molecule has 0 bridgehead atoms. The van der Waals surface area contributed by atoms with Gasteiger partial charge in [-0.25, -0.2) is 4.79 Å². The summed E-state index contributed by atoms with van der Waals surface area (Å²) in [4.78, 5) is 22.4. The van der Waals surface area contributed by atoms with Crippen molar-refractivity contribution in [3.63, 3.8) is 0 Å². The van der Waals surface area contributed by atoms with Gasteiger partial charge in [-0.2, -0.15) is 5.26 Å². The zero-order chi connectivity index (χ0) is 18.4. The minimum Gasteiger partial charge on any atom is -0.462 e. The van der Waals surface area contributed by atoms with Crippen molar-refractivity contribution in [2.45, 2.75) is 19.9 Å². The Hall–Kier alpha value is -3.40. The average molecular weight is 339 g/mol. The van der Waals surface area contributed by atoms with Gasteiger partial charge in [-0.3, -0.25) is 10.1 Å². The summed E-state index contributed by atoms with van der Waals surface area (Å²) >= 11 is 0. The number of nitrogens with one attached hydrogen (secondary N) is 1. The van der Waals surface area contributed by atoms with Crippen LogP contribution in [0.15, 0.2) is 42.5 Å². The van der Waals surface area contributed by atoms with Crippen molar-refractivity contribution in [3.8, 4) is 6.07 Å². The van der Waals surface area contributed by atoms with Crippen LogP contribution < -0.4 is 5.32 Å². The number of hydrogen-bond donors (Lipinski definition) is 1. The first-order valence-corrected chi connectivity index (χ1v) is 7.68. The van der Waals surface area contributed by atoms with Crippen LogP contribution in [0.25, 0.3) is 0 Å². The maximum absolute atomic E-state index is 12.0. The number of carbonyl (C=O) groups excluding carboxylic acids is 1. The lowest BCUT2D eigenvalue weighted by molar-refractivity contribution is -0.385. The van der Waals surface area contributed by atoms with Crippen LogP contribution in [0.1, 0.15) is 41.4 Å². The van der Waals surface area contributed by atoms with Crippen molar-refractivity contribution in [1.82, 2.24) is 0 Å². The van der Waals surface area contributed by atoms with Crippen LogP contribution in [0, 0.1) is 21.4 Å². The van der Waals surface area contributed by atoms with E-state index in [0.29, 0.717) is 11.3 Å². The lowest BCUT2D eigenvalue weighted by Gasteiger charge is -2.16. The molecule has 1 atom stereocenters. The molecule has 1 unspecified atom stereocenters. The fraction of sp³-hybridized carbons (Fsp3) is 0.222. The third-order valence-corrected chi connectivity index (χ3v) is 3.61. The molecule has 0 heterocycles. The minimum absolute atomic E-state index is 0.0936. The molecule has 0 fully saturated rings. The highest BCUT2D eigenvalue weighted by Gasteiger charge is 2.22. The summed E-state index contributed by atoms with van der Waals surface area (Å²) in [7, 11) is 0. The van der Waals surface area contributed by atoms with Crippen molar-refractivity contribution in [3.05, 3.63) is 69.3 Å². The van der Waals surface area contributed by atoms with Crippen LogP contribution in [0.3, 0.4) is 0 Å². The number of carbonyl (C=O) groups is 1. The van der Waals surface area contributed by atoms with Gasteiger partial charge in [0.15, 0.2) is 0 Å². The highest BCUT2D eigenvalue weighted by molar-refractivity contribution is 5.95. The number of nitriles is 1. The third kappa shape index (κ3) is 4.32. The van der Waals surface area contributed by atoms with Gasteiger partial charge in [0.05, 0.1) is 23.2 Å². The van der Waals surface area contributed by atoms with Gasteiger partial charge >= 0.3 is 5.97 Å². The number of anilines is 1. The first-order valence-electron chi connectivity index (χ1n) is 7.68. The van der Waals surface area contributed by atoms with Gasteiger partial charge < -0.3 is 10.1 Å². The first-order chi connectivity index (χ1) is 12.0. The summed E-state index contributed by atoms with van der Waals surface area (Å²) in [5.41, 5.74) is 1.68. The molecule has 0 spiro atoms. The van der Waals surface area contributed by atoms with Crippen molar-refractivity contribution in [2.24, 2.45) is 0 Å². The molecule has 0 amide bonds. The molecule has 0 radical (unpaired) electrons. The van der Waals surface area contributed by atoms with Crippen LogP contribution in [0.2, 0.25) is 0 Å². The molecule has 128 valence electrons. The van der Waals surface area contributed by atoms with E-state index in [9.17, 15) is 14.9 Å². The predicted octanol–water partition coefficient (Wildman–Crippen LogP) is 3.82.